The fourth-order valence-electron chi connectivity index (χ4n) is 1.92. The third kappa shape index (κ3) is 3.67. The van der Waals surface area contributed by atoms with Crippen molar-refractivity contribution in [3.05, 3.63) is 29.8 Å². The van der Waals surface area contributed by atoms with E-state index in [1.165, 1.54) is 0 Å². The first kappa shape index (κ1) is 14.7. The predicted molar refractivity (Wildman–Crippen MR) is 79.5 cm³/mol. The summed E-state index contributed by atoms with van der Waals surface area (Å²) < 4.78 is 16.7. The first-order chi connectivity index (χ1) is 9.74. The molecule has 20 heavy (non-hydrogen) atoms. The van der Waals surface area contributed by atoms with E-state index >= 15 is 0 Å². The molecule has 0 saturated heterocycles. The molecule has 0 aliphatic carbocycles. The summed E-state index contributed by atoms with van der Waals surface area (Å²) >= 11 is 0. The molecule has 1 heterocycles. The molecule has 1 aliphatic rings. The fourth-order valence-corrected chi connectivity index (χ4v) is 1.92. The van der Waals surface area contributed by atoms with Crippen LogP contribution in [0.15, 0.2) is 24.3 Å². The van der Waals surface area contributed by atoms with Gasteiger partial charge in [-0.2, -0.15) is 0 Å². The van der Waals surface area contributed by atoms with Gasteiger partial charge in [-0.1, -0.05) is 20.4 Å². The highest BCUT2D eigenvalue weighted by atomic mass is 16.7. The molecule has 0 atom stereocenters. The van der Waals surface area contributed by atoms with Gasteiger partial charge in [0.05, 0.1) is 0 Å². The molecule has 0 radical (unpaired) electrons. The lowest BCUT2D eigenvalue weighted by molar-refractivity contribution is 0.173. The highest BCUT2D eigenvalue weighted by Crippen LogP contribution is 2.38. The van der Waals surface area contributed by atoms with Gasteiger partial charge in [-0.15, -0.1) is 0 Å². The Balaban J connectivity index is 2.11. The molecule has 0 fully saturated rings. The van der Waals surface area contributed by atoms with E-state index < -0.39 is 0 Å². The first-order valence-corrected chi connectivity index (χ1v) is 7.17. The van der Waals surface area contributed by atoms with Crippen LogP contribution in [0.2, 0.25) is 0 Å². The summed E-state index contributed by atoms with van der Waals surface area (Å²) in [6.07, 6.45) is 2.03. The minimum Gasteiger partial charge on any atom is -0.489 e. The SMILES string of the molecule is C=C(CC)COc1cc2c(cc1CNCCC)OCO2. The lowest BCUT2D eigenvalue weighted by Gasteiger charge is -2.14. The highest BCUT2D eigenvalue weighted by Gasteiger charge is 2.18. The summed E-state index contributed by atoms with van der Waals surface area (Å²) in [6.45, 7) is 10.8. The predicted octanol–water partition coefficient (Wildman–Crippen LogP) is 3.26. The second-order valence-corrected chi connectivity index (χ2v) is 4.88. The van der Waals surface area contributed by atoms with E-state index in [1.807, 2.05) is 12.1 Å². The number of fused-ring (bicyclic) bond motifs is 1. The second-order valence-electron chi connectivity index (χ2n) is 4.88. The third-order valence-corrected chi connectivity index (χ3v) is 3.23. The normalized spacial score (nSPS) is 12.5. The Bertz CT molecular complexity index is 471. The Kier molecular flexibility index (Phi) is 5.30. The molecule has 1 N–H and O–H groups in total. The Hall–Kier alpha value is -1.68. The number of ether oxygens (including phenoxy) is 3. The minimum absolute atomic E-state index is 0.280. The number of nitrogens with one attached hydrogen (secondary N) is 1. The summed E-state index contributed by atoms with van der Waals surface area (Å²) in [6, 6.07) is 3.91. The van der Waals surface area contributed by atoms with Gasteiger partial charge in [0, 0.05) is 18.2 Å². The van der Waals surface area contributed by atoms with Gasteiger partial charge >= 0.3 is 0 Å². The van der Waals surface area contributed by atoms with Crippen molar-refractivity contribution in [3.8, 4) is 17.2 Å². The van der Waals surface area contributed by atoms with Crippen molar-refractivity contribution < 1.29 is 14.2 Å². The van der Waals surface area contributed by atoms with Crippen LogP contribution in [0, 0.1) is 0 Å². The van der Waals surface area contributed by atoms with Crippen LogP contribution in [-0.2, 0) is 6.54 Å². The first-order valence-electron chi connectivity index (χ1n) is 7.17. The van der Waals surface area contributed by atoms with E-state index in [0.717, 1.165) is 54.3 Å². The maximum absolute atomic E-state index is 5.87. The van der Waals surface area contributed by atoms with E-state index in [1.54, 1.807) is 0 Å². The quantitative estimate of drug-likeness (QED) is 0.585. The summed E-state index contributed by atoms with van der Waals surface area (Å²) in [7, 11) is 0. The van der Waals surface area contributed by atoms with Gasteiger partial charge in [-0.25, -0.2) is 0 Å². The van der Waals surface area contributed by atoms with E-state index in [-0.39, 0.29) is 6.79 Å². The topological polar surface area (TPSA) is 39.7 Å². The number of rotatable bonds is 8. The summed E-state index contributed by atoms with van der Waals surface area (Å²) in [5.74, 6) is 2.38. The number of benzene rings is 1. The highest BCUT2D eigenvalue weighted by molar-refractivity contribution is 5.51. The summed E-state index contributed by atoms with van der Waals surface area (Å²) in [5, 5.41) is 3.39. The molecule has 2 rings (SSSR count). The van der Waals surface area contributed by atoms with E-state index in [4.69, 9.17) is 14.2 Å². The van der Waals surface area contributed by atoms with Gasteiger partial charge in [-0.05, 0) is 31.0 Å². The molecule has 0 saturated carbocycles. The van der Waals surface area contributed by atoms with Crippen LogP contribution >= 0.6 is 0 Å². The second kappa shape index (κ2) is 7.20. The standard InChI is InChI=1S/C16H23NO3/c1-4-6-17-9-13-7-15-16(20-11-19-15)8-14(13)18-10-12(3)5-2/h7-8,17H,3-6,9-11H2,1-2H3. The maximum Gasteiger partial charge on any atom is 0.231 e. The molecule has 1 aromatic carbocycles. The van der Waals surface area contributed by atoms with Crippen molar-refractivity contribution in [2.75, 3.05) is 19.9 Å². The van der Waals surface area contributed by atoms with Crippen LogP contribution in [0.25, 0.3) is 0 Å². The largest absolute Gasteiger partial charge is 0.489 e. The Morgan fingerprint density at radius 3 is 2.75 bits per heavy atom. The Morgan fingerprint density at radius 1 is 1.30 bits per heavy atom. The molecule has 0 unspecified atom stereocenters. The van der Waals surface area contributed by atoms with Gasteiger partial charge in [0.2, 0.25) is 6.79 Å². The summed E-state index contributed by atoms with van der Waals surface area (Å²) in [5.41, 5.74) is 2.17. The Morgan fingerprint density at radius 2 is 2.05 bits per heavy atom. The van der Waals surface area contributed by atoms with Crippen molar-refractivity contribution in [3.63, 3.8) is 0 Å². The van der Waals surface area contributed by atoms with Gasteiger partial charge in [0.15, 0.2) is 11.5 Å². The minimum atomic E-state index is 0.280. The zero-order valence-corrected chi connectivity index (χ0v) is 12.3. The molecular formula is C16H23NO3. The van der Waals surface area contributed by atoms with Crippen molar-refractivity contribution in [2.24, 2.45) is 0 Å². The number of hydrogen-bond donors (Lipinski definition) is 1. The molecule has 4 heteroatoms. The lowest BCUT2D eigenvalue weighted by atomic mass is 10.1. The van der Waals surface area contributed by atoms with Crippen LogP contribution in [-0.4, -0.2) is 19.9 Å². The molecule has 1 aliphatic heterocycles. The van der Waals surface area contributed by atoms with Crippen molar-refractivity contribution >= 4 is 0 Å². The van der Waals surface area contributed by atoms with E-state index in [2.05, 4.69) is 25.7 Å². The van der Waals surface area contributed by atoms with Crippen molar-refractivity contribution in [2.45, 2.75) is 33.2 Å². The van der Waals surface area contributed by atoms with Gasteiger partial charge < -0.3 is 19.5 Å². The van der Waals surface area contributed by atoms with E-state index in [0.29, 0.717) is 6.61 Å². The average molecular weight is 277 g/mol. The van der Waals surface area contributed by atoms with Crippen molar-refractivity contribution in [1.29, 1.82) is 0 Å². The van der Waals surface area contributed by atoms with Gasteiger partial charge in [0.1, 0.15) is 12.4 Å². The molecular weight excluding hydrogens is 254 g/mol. The molecule has 0 bridgehead atoms. The zero-order valence-electron chi connectivity index (χ0n) is 12.3. The molecule has 0 spiro atoms. The fraction of sp³-hybridized carbons (Fsp3) is 0.500. The van der Waals surface area contributed by atoms with Crippen LogP contribution in [0.1, 0.15) is 32.3 Å². The molecule has 0 amide bonds. The molecule has 0 aromatic heterocycles. The van der Waals surface area contributed by atoms with Gasteiger partial charge in [-0.3, -0.25) is 0 Å². The van der Waals surface area contributed by atoms with Crippen LogP contribution in [0.3, 0.4) is 0 Å². The van der Waals surface area contributed by atoms with Crippen LogP contribution in [0.5, 0.6) is 17.2 Å². The van der Waals surface area contributed by atoms with Crippen molar-refractivity contribution in [1.82, 2.24) is 5.32 Å². The monoisotopic (exact) mass is 277 g/mol. The maximum atomic E-state index is 5.87. The summed E-state index contributed by atoms with van der Waals surface area (Å²) in [4.78, 5) is 0. The molecule has 4 nitrogen and oxygen atoms in total. The van der Waals surface area contributed by atoms with Gasteiger partial charge in [0.25, 0.3) is 0 Å². The Labute approximate surface area is 120 Å². The number of hydrogen-bond acceptors (Lipinski definition) is 4. The average Bonchev–Trinajstić information content (AvgIpc) is 2.91. The molecule has 1 aromatic rings. The smallest absolute Gasteiger partial charge is 0.231 e. The zero-order chi connectivity index (χ0) is 14.4. The lowest BCUT2D eigenvalue weighted by Crippen LogP contribution is -2.15. The van der Waals surface area contributed by atoms with E-state index in [9.17, 15) is 0 Å². The molecule has 110 valence electrons. The van der Waals surface area contributed by atoms with Crippen LogP contribution < -0.4 is 19.5 Å². The third-order valence-electron chi connectivity index (χ3n) is 3.23. The van der Waals surface area contributed by atoms with Crippen LogP contribution in [0.4, 0.5) is 0 Å².